The number of nitrogens with zero attached hydrogens (tertiary/aromatic N) is 1. The number of fused-ring (bicyclic) bond motifs is 1. The fraction of sp³-hybridized carbons (Fsp3) is 0.579. The zero-order chi connectivity index (χ0) is 17.5. The van der Waals surface area contributed by atoms with Crippen molar-refractivity contribution in [2.24, 2.45) is 5.92 Å². The maximum atomic E-state index is 12.6. The van der Waals surface area contributed by atoms with Gasteiger partial charge in [0.15, 0.2) is 0 Å². The molecule has 1 heterocycles. The average molecular weight is 368 g/mol. The lowest BCUT2D eigenvalue weighted by Gasteiger charge is -2.36. The largest absolute Gasteiger partial charge is 0.354 e. The van der Waals surface area contributed by atoms with E-state index >= 15 is 0 Å². The van der Waals surface area contributed by atoms with E-state index in [-0.39, 0.29) is 30.1 Å². The van der Waals surface area contributed by atoms with Gasteiger partial charge < -0.3 is 15.5 Å². The highest BCUT2D eigenvalue weighted by Crippen LogP contribution is 2.24. The van der Waals surface area contributed by atoms with Gasteiger partial charge in [0.2, 0.25) is 11.8 Å². The molecule has 0 aliphatic carbocycles. The van der Waals surface area contributed by atoms with Crippen LogP contribution in [-0.4, -0.2) is 42.9 Å². The zero-order valence-electron chi connectivity index (χ0n) is 15.4. The number of carbonyl (C=O) groups excluding carboxylic acids is 2. The van der Waals surface area contributed by atoms with Crippen LogP contribution in [-0.2, 0) is 22.6 Å². The third kappa shape index (κ3) is 6.01. The quantitative estimate of drug-likeness (QED) is 0.726. The first-order valence-corrected chi connectivity index (χ1v) is 8.81. The summed E-state index contributed by atoms with van der Waals surface area (Å²) < 4.78 is 0. The molecule has 140 valence electrons. The zero-order valence-corrected chi connectivity index (χ0v) is 16.2. The maximum absolute atomic E-state index is 12.6. The molecule has 5 nitrogen and oxygen atoms in total. The van der Waals surface area contributed by atoms with Crippen molar-refractivity contribution in [1.29, 1.82) is 0 Å². The normalized spacial score (nSPS) is 16.2. The summed E-state index contributed by atoms with van der Waals surface area (Å²) in [7, 11) is 1.90. The van der Waals surface area contributed by atoms with Gasteiger partial charge in [-0.05, 0) is 37.1 Å². The summed E-state index contributed by atoms with van der Waals surface area (Å²) >= 11 is 0. The van der Waals surface area contributed by atoms with Crippen LogP contribution in [0.3, 0.4) is 0 Å². The van der Waals surface area contributed by atoms with Crippen molar-refractivity contribution in [3.05, 3.63) is 35.4 Å². The van der Waals surface area contributed by atoms with Crippen LogP contribution < -0.4 is 10.6 Å². The van der Waals surface area contributed by atoms with Crippen LogP contribution >= 0.6 is 12.4 Å². The summed E-state index contributed by atoms with van der Waals surface area (Å²) in [5.74, 6) is 0.307. The van der Waals surface area contributed by atoms with Crippen molar-refractivity contribution in [3.63, 3.8) is 0 Å². The molecule has 1 aliphatic rings. The van der Waals surface area contributed by atoms with Gasteiger partial charge in [0.1, 0.15) is 6.04 Å². The minimum atomic E-state index is -0.402. The van der Waals surface area contributed by atoms with Gasteiger partial charge in [0, 0.05) is 25.9 Å². The highest BCUT2D eigenvalue weighted by molar-refractivity contribution is 5.88. The molecule has 2 N–H and O–H groups in total. The molecule has 0 aromatic heterocycles. The summed E-state index contributed by atoms with van der Waals surface area (Å²) in [6, 6.07) is 7.68. The summed E-state index contributed by atoms with van der Waals surface area (Å²) in [5.41, 5.74) is 2.32. The van der Waals surface area contributed by atoms with E-state index in [4.69, 9.17) is 0 Å². The van der Waals surface area contributed by atoms with E-state index in [0.717, 1.165) is 18.5 Å². The van der Waals surface area contributed by atoms with Crippen LogP contribution in [0.2, 0.25) is 0 Å². The highest BCUT2D eigenvalue weighted by atomic mass is 35.5. The Hall–Kier alpha value is -1.59. The number of hydrogen-bond donors (Lipinski definition) is 2. The number of amides is 2. The van der Waals surface area contributed by atoms with Crippen molar-refractivity contribution in [2.75, 3.05) is 20.1 Å². The molecule has 1 aliphatic heterocycles. The van der Waals surface area contributed by atoms with E-state index in [2.05, 4.69) is 16.7 Å². The van der Waals surface area contributed by atoms with Crippen molar-refractivity contribution < 1.29 is 9.59 Å². The summed E-state index contributed by atoms with van der Waals surface area (Å²) in [6.45, 7) is 6.08. The second kappa shape index (κ2) is 10.4. The van der Waals surface area contributed by atoms with Gasteiger partial charge in [-0.2, -0.15) is 0 Å². The predicted molar refractivity (Wildman–Crippen MR) is 103 cm³/mol. The third-order valence-corrected chi connectivity index (χ3v) is 4.36. The van der Waals surface area contributed by atoms with Gasteiger partial charge in [-0.15, -0.1) is 12.4 Å². The lowest BCUT2D eigenvalue weighted by Crippen LogP contribution is -2.53. The third-order valence-electron chi connectivity index (χ3n) is 4.36. The fourth-order valence-corrected chi connectivity index (χ4v) is 3.08. The van der Waals surface area contributed by atoms with Crippen LogP contribution in [0, 0.1) is 5.92 Å². The Morgan fingerprint density at radius 1 is 1.20 bits per heavy atom. The summed E-state index contributed by atoms with van der Waals surface area (Å²) in [5, 5.41) is 6.05. The average Bonchev–Trinajstić information content (AvgIpc) is 2.56. The van der Waals surface area contributed by atoms with E-state index in [1.807, 2.05) is 39.1 Å². The molecule has 6 heteroatoms. The molecule has 1 unspecified atom stereocenters. The molecule has 0 spiro atoms. The smallest absolute Gasteiger partial charge is 0.243 e. The van der Waals surface area contributed by atoms with Gasteiger partial charge in [-0.25, -0.2) is 0 Å². The first-order valence-electron chi connectivity index (χ1n) is 8.81. The van der Waals surface area contributed by atoms with Gasteiger partial charge in [-0.1, -0.05) is 38.1 Å². The van der Waals surface area contributed by atoms with E-state index < -0.39 is 6.04 Å². The molecule has 0 radical (unpaired) electrons. The summed E-state index contributed by atoms with van der Waals surface area (Å²) in [6.07, 6.45) is 1.95. The van der Waals surface area contributed by atoms with E-state index in [0.29, 0.717) is 25.9 Å². The maximum Gasteiger partial charge on any atom is 0.243 e. The molecular formula is C19H30ClN3O2. The molecule has 0 bridgehead atoms. The van der Waals surface area contributed by atoms with Crippen LogP contribution in [0.1, 0.15) is 37.8 Å². The second-order valence-corrected chi connectivity index (χ2v) is 6.86. The van der Waals surface area contributed by atoms with Crippen LogP contribution in [0.5, 0.6) is 0 Å². The Morgan fingerprint density at radius 2 is 1.88 bits per heavy atom. The summed E-state index contributed by atoms with van der Waals surface area (Å²) in [4.78, 5) is 27.1. The van der Waals surface area contributed by atoms with Crippen LogP contribution in [0.4, 0.5) is 0 Å². The Bertz CT molecular complexity index is 578. The first kappa shape index (κ1) is 21.5. The van der Waals surface area contributed by atoms with Crippen LogP contribution in [0.15, 0.2) is 24.3 Å². The van der Waals surface area contributed by atoms with Gasteiger partial charge >= 0.3 is 0 Å². The molecule has 2 amide bonds. The first-order chi connectivity index (χ1) is 11.5. The molecule has 1 aromatic rings. The molecule has 0 saturated heterocycles. The molecule has 0 fully saturated rings. The molecule has 1 aromatic carbocycles. The van der Waals surface area contributed by atoms with Crippen molar-refractivity contribution >= 4 is 24.2 Å². The Kier molecular flexibility index (Phi) is 8.93. The molecule has 2 rings (SSSR count). The second-order valence-electron chi connectivity index (χ2n) is 6.86. The number of nitrogens with one attached hydrogen (secondary N) is 2. The van der Waals surface area contributed by atoms with E-state index in [1.54, 1.807) is 4.90 Å². The number of halogens is 1. The number of benzene rings is 1. The Balaban J connectivity index is 0.00000312. The number of hydrogen-bond acceptors (Lipinski definition) is 3. The van der Waals surface area contributed by atoms with Crippen LogP contribution in [0.25, 0.3) is 0 Å². The van der Waals surface area contributed by atoms with Crippen molar-refractivity contribution in [1.82, 2.24) is 15.5 Å². The lowest BCUT2D eigenvalue weighted by molar-refractivity contribution is -0.142. The molecule has 1 atom stereocenters. The van der Waals surface area contributed by atoms with Crippen molar-refractivity contribution in [2.45, 2.75) is 45.7 Å². The van der Waals surface area contributed by atoms with Crippen molar-refractivity contribution in [3.8, 4) is 0 Å². The van der Waals surface area contributed by atoms with E-state index in [1.165, 1.54) is 5.56 Å². The molecule has 0 saturated carbocycles. The minimum absolute atomic E-state index is 0. The minimum Gasteiger partial charge on any atom is -0.354 e. The highest BCUT2D eigenvalue weighted by Gasteiger charge is 2.34. The fourth-order valence-electron chi connectivity index (χ4n) is 3.08. The monoisotopic (exact) mass is 367 g/mol. The van der Waals surface area contributed by atoms with Gasteiger partial charge in [0.05, 0.1) is 0 Å². The molecule has 25 heavy (non-hydrogen) atoms. The standard InChI is InChI=1S/C19H29N3O2.ClH/c1-14(2)11-18(23)22-13-16-8-5-4-7-15(16)12-17(22)19(24)21-10-6-9-20-3;/h4-5,7-8,14,17,20H,6,9-13H2,1-3H3,(H,21,24);1H. The Morgan fingerprint density at radius 3 is 2.52 bits per heavy atom. The van der Waals surface area contributed by atoms with Gasteiger partial charge in [-0.3, -0.25) is 9.59 Å². The lowest BCUT2D eigenvalue weighted by atomic mass is 9.92. The van der Waals surface area contributed by atoms with Gasteiger partial charge in [0.25, 0.3) is 0 Å². The number of carbonyl (C=O) groups is 2. The van der Waals surface area contributed by atoms with E-state index in [9.17, 15) is 9.59 Å². The predicted octanol–water partition coefficient (Wildman–Crippen LogP) is 2.13. The Labute approximate surface area is 157 Å². The number of rotatable bonds is 7. The molecular weight excluding hydrogens is 338 g/mol. The topological polar surface area (TPSA) is 61.4 Å². The SMILES string of the molecule is CNCCCNC(=O)C1Cc2ccccc2CN1C(=O)CC(C)C.Cl.